The van der Waals surface area contributed by atoms with Gasteiger partial charge in [-0.3, -0.25) is 4.79 Å². The van der Waals surface area contributed by atoms with Crippen molar-refractivity contribution in [2.75, 3.05) is 33.4 Å². The van der Waals surface area contributed by atoms with Gasteiger partial charge in [-0.15, -0.1) is 0 Å². The monoisotopic (exact) mass is 377 g/mol. The number of aliphatic hydroxyl groups excluding tert-OH is 1. The van der Waals surface area contributed by atoms with Crippen LogP contribution in [-0.4, -0.2) is 53.5 Å². The van der Waals surface area contributed by atoms with E-state index in [1.165, 1.54) is 0 Å². The summed E-state index contributed by atoms with van der Waals surface area (Å²) in [6, 6.07) is 5.99. The number of hydrogen-bond acceptors (Lipinski definition) is 4. The molecule has 0 aliphatic rings. The molecule has 0 spiro atoms. The van der Waals surface area contributed by atoms with E-state index in [1.54, 1.807) is 7.11 Å². The average molecular weight is 378 g/mol. The zero-order valence-electron chi connectivity index (χ0n) is 15.6. The van der Waals surface area contributed by atoms with Crippen LogP contribution < -0.4 is 10.9 Å². The second-order valence-corrected chi connectivity index (χ2v) is 6.71. The molecule has 3 N–H and O–H groups in total. The lowest BCUT2D eigenvalue weighted by atomic mass is 10.0. The van der Waals surface area contributed by atoms with Crippen LogP contribution in [0.15, 0.2) is 23.0 Å². The number of H-pyrrole nitrogens is 1. The molecule has 0 atom stereocenters. The third-order valence-electron chi connectivity index (χ3n) is 4.44. The second-order valence-electron chi connectivity index (χ2n) is 6.32. The van der Waals surface area contributed by atoms with Gasteiger partial charge >= 0.3 is 0 Å². The number of aromatic nitrogens is 1. The Labute approximate surface area is 159 Å². The Morgan fingerprint density at radius 3 is 2.85 bits per heavy atom. The number of hydrogen-bond donors (Lipinski definition) is 3. The number of ether oxygens (including phenoxy) is 1. The van der Waals surface area contributed by atoms with E-state index in [4.69, 9.17) is 22.1 Å². The molecule has 0 bridgehead atoms. The minimum atomic E-state index is -0.111. The molecule has 0 saturated heterocycles. The largest absolute Gasteiger partial charge is 0.396 e. The molecule has 0 aliphatic heterocycles. The van der Waals surface area contributed by atoms with Crippen molar-refractivity contribution in [1.29, 1.82) is 0 Å². The highest BCUT2D eigenvalue weighted by molar-refractivity contribution is 7.80. The zero-order chi connectivity index (χ0) is 19.1. The van der Waals surface area contributed by atoms with E-state index in [-0.39, 0.29) is 12.2 Å². The fourth-order valence-electron chi connectivity index (χ4n) is 2.78. The number of thiocarbonyl (C=S) groups is 1. The highest BCUT2D eigenvalue weighted by Crippen LogP contribution is 2.19. The molecule has 2 rings (SSSR count). The molecule has 7 heteroatoms. The van der Waals surface area contributed by atoms with Gasteiger partial charge < -0.3 is 25.0 Å². The van der Waals surface area contributed by atoms with Crippen LogP contribution in [0.1, 0.15) is 23.1 Å². The highest BCUT2D eigenvalue weighted by Gasteiger charge is 2.13. The fraction of sp³-hybridized carbons (Fsp3) is 0.474. The van der Waals surface area contributed by atoms with Gasteiger partial charge in [0.2, 0.25) is 0 Å². The number of nitrogens with zero attached hydrogens (tertiary/aromatic N) is 1. The van der Waals surface area contributed by atoms with E-state index < -0.39 is 0 Å². The van der Waals surface area contributed by atoms with Crippen LogP contribution >= 0.6 is 12.2 Å². The molecule has 1 aromatic carbocycles. The van der Waals surface area contributed by atoms with Gasteiger partial charge in [0.15, 0.2) is 5.11 Å². The summed E-state index contributed by atoms with van der Waals surface area (Å²) in [6.45, 7) is 6.21. The van der Waals surface area contributed by atoms with E-state index in [0.717, 1.165) is 22.0 Å². The predicted octanol–water partition coefficient (Wildman–Crippen LogP) is 1.85. The highest BCUT2D eigenvalue weighted by atomic mass is 32.1. The molecular formula is C19H27N3O3S. The van der Waals surface area contributed by atoms with Crippen molar-refractivity contribution in [2.24, 2.45) is 0 Å². The molecule has 0 unspecified atom stereocenters. The normalized spacial score (nSPS) is 10.9. The summed E-state index contributed by atoms with van der Waals surface area (Å²) in [6.07, 6.45) is 0.579. The Morgan fingerprint density at radius 1 is 1.38 bits per heavy atom. The van der Waals surface area contributed by atoms with E-state index in [1.807, 2.05) is 30.9 Å². The Morgan fingerprint density at radius 2 is 2.15 bits per heavy atom. The van der Waals surface area contributed by atoms with Crippen LogP contribution in [0.25, 0.3) is 10.9 Å². The molecule has 0 amide bonds. The second kappa shape index (κ2) is 9.66. The van der Waals surface area contributed by atoms with Crippen LogP contribution in [0.2, 0.25) is 0 Å². The Kier molecular flexibility index (Phi) is 7.56. The minimum Gasteiger partial charge on any atom is -0.396 e. The van der Waals surface area contributed by atoms with Gasteiger partial charge in [-0.25, -0.2) is 0 Å². The van der Waals surface area contributed by atoms with Crippen molar-refractivity contribution in [3.8, 4) is 0 Å². The zero-order valence-corrected chi connectivity index (χ0v) is 16.4. The first-order valence-electron chi connectivity index (χ1n) is 8.72. The molecule has 1 aromatic heterocycles. The maximum absolute atomic E-state index is 12.6. The SMILES string of the molecule is COCCNC(=S)N(CCCO)Cc1cc2ccc(C)c(C)c2[nH]c1=O. The number of aryl methyl sites for hydroxylation is 2. The van der Waals surface area contributed by atoms with E-state index in [9.17, 15) is 4.79 Å². The van der Waals surface area contributed by atoms with Gasteiger partial charge in [0.05, 0.1) is 18.7 Å². The van der Waals surface area contributed by atoms with Gasteiger partial charge in [-0.1, -0.05) is 12.1 Å². The molecular weight excluding hydrogens is 350 g/mol. The number of rotatable bonds is 8. The first kappa shape index (κ1) is 20.4. The lowest BCUT2D eigenvalue weighted by molar-refractivity contribution is 0.202. The molecule has 0 saturated carbocycles. The van der Waals surface area contributed by atoms with Crippen molar-refractivity contribution in [1.82, 2.24) is 15.2 Å². The lowest BCUT2D eigenvalue weighted by Gasteiger charge is -2.25. The van der Waals surface area contributed by atoms with Gasteiger partial charge in [0.25, 0.3) is 5.56 Å². The smallest absolute Gasteiger partial charge is 0.253 e. The third-order valence-corrected chi connectivity index (χ3v) is 4.85. The van der Waals surface area contributed by atoms with Gasteiger partial charge in [-0.2, -0.15) is 0 Å². The maximum Gasteiger partial charge on any atom is 0.253 e. The summed E-state index contributed by atoms with van der Waals surface area (Å²) in [5.41, 5.74) is 3.64. The number of aromatic amines is 1. The first-order chi connectivity index (χ1) is 12.5. The third kappa shape index (κ3) is 5.03. The van der Waals surface area contributed by atoms with Crippen LogP contribution in [0.5, 0.6) is 0 Å². The summed E-state index contributed by atoms with van der Waals surface area (Å²) >= 11 is 5.44. The summed E-state index contributed by atoms with van der Waals surface area (Å²) < 4.78 is 5.02. The molecule has 6 nitrogen and oxygen atoms in total. The van der Waals surface area contributed by atoms with Crippen molar-refractivity contribution in [3.05, 3.63) is 45.2 Å². The topological polar surface area (TPSA) is 77.6 Å². The molecule has 1 heterocycles. The molecule has 0 fully saturated rings. The Hall–Kier alpha value is -1.96. The first-order valence-corrected chi connectivity index (χ1v) is 9.13. The number of benzene rings is 1. The number of methoxy groups -OCH3 is 1. The van der Waals surface area contributed by atoms with Gasteiger partial charge in [-0.05, 0) is 55.1 Å². The lowest BCUT2D eigenvalue weighted by Crippen LogP contribution is -2.42. The maximum atomic E-state index is 12.6. The number of fused-ring (bicyclic) bond motifs is 1. The number of aliphatic hydroxyl groups is 1. The molecule has 2 aromatic rings. The van der Waals surface area contributed by atoms with Crippen molar-refractivity contribution in [3.63, 3.8) is 0 Å². The standard InChI is InChI=1S/C19H27N3O3S/c1-13-5-6-15-11-16(18(24)21-17(15)14(13)2)12-22(8-4-9-23)19(26)20-7-10-25-3/h5-6,11,23H,4,7-10,12H2,1-3H3,(H,20,26)(H,21,24). The molecule has 0 radical (unpaired) electrons. The van der Waals surface area contributed by atoms with Gasteiger partial charge in [0, 0.05) is 32.4 Å². The van der Waals surface area contributed by atoms with Crippen molar-refractivity contribution >= 4 is 28.2 Å². The average Bonchev–Trinajstić information content (AvgIpc) is 2.63. The minimum absolute atomic E-state index is 0.0731. The Balaban J connectivity index is 2.26. The molecule has 0 aliphatic carbocycles. The van der Waals surface area contributed by atoms with E-state index in [2.05, 4.69) is 16.4 Å². The van der Waals surface area contributed by atoms with Crippen molar-refractivity contribution < 1.29 is 9.84 Å². The van der Waals surface area contributed by atoms with E-state index in [0.29, 0.717) is 43.3 Å². The van der Waals surface area contributed by atoms with Crippen LogP contribution in [0.4, 0.5) is 0 Å². The summed E-state index contributed by atoms with van der Waals surface area (Å²) in [4.78, 5) is 17.5. The van der Waals surface area contributed by atoms with E-state index >= 15 is 0 Å². The molecule has 26 heavy (non-hydrogen) atoms. The van der Waals surface area contributed by atoms with Crippen LogP contribution in [0.3, 0.4) is 0 Å². The quantitative estimate of drug-likeness (QED) is 0.481. The van der Waals surface area contributed by atoms with Gasteiger partial charge in [0.1, 0.15) is 0 Å². The predicted molar refractivity (Wildman–Crippen MR) is 109 cm³/mol. The summed E-state index contributed by atoms with van der Waals surface area (Å²) in [5.74, 6) is 0. The van der Waals surface area contributed by atoms with Crippen molar-refractivity contribution in [2.45, 2.75) is 26.8 Å². The summed E-state index contributed by atoms with van der Waals surface area (Å²) in [5, 5.41) is 13.8. The molecule has 142 valence electrons. The fourth-order valence-corrected chi connectivity index (χ4v) is 3.04. The van der Waals surface area contributed by atoms with Crippen LogP contribution in [0, 0.1) is 13.8 Å². The Bertz CT molecular complexity index is 820. The van der Waals surface area contributed by atoms with Crippen LogP contribution in [-0.2, 0) is 11.3 Å². The number of nitrogens with one attached hydrogen (secondary N) is 2. The number of pyridine rings is 1. The summed E-state index contributed by atoms with van der Waals surface area (Å²) in [7, 11) is 1.63.